The second-order valence-electron chi connectivity index (χ2n) is 4.93. The number of aryl methyl sites for hydroxylation is 1. The quantitative estimate of drug-likeness (QED) is 0.884. The van der Waals surface area contributed by atoms with Crippen molar-refractivity contribution in [1.29, 1.82) is 0 Å². The molecule has 0 spiro atoms. The maximum atomic E-state index is 11.1. The van der Waals surface area contributed by atoms with Crippen LogP contribution in [-0.4, -0.2) is 26.5 Å². The molecule has 1 aliphatic carbocycles. The molecule has 3 nitrogen and oxygen atoms in total. The molecule has 0 saturated carbocycles. The molecule has 4 heteroatoms. The Labute approximate surface area is 103 Å². The van der Waals surface area contributed by atoms with Gasteiger partial charge in [-0.2, -0.15) is 0 Å². The highest BCUT2D eigenvalue weighted by Crippen LogP contribution is 2.35. The lowest BCUT2D eigenvalue weighted by molar-refractivity contribution is 0.510. The van der Waals surface area contributed by atoms with Gasteiger partial charge in [-0.25, -0.2) is 8.42 Å². The average molecular weight is 253 g/mol. The van der Waals surface area contributed by atoms with Crippen LogP contribution < -0.4 is 5.73 Å². The minimum atomic E-state index is -2.91. The molecule has 0 bridgehead atoms. The zero-order valence-electron chi connectivity index (χ0n) is 10.1. The van der Waals surface area contributed by atoms with Crippen LogP contribution in [0.3, 0.4) is 0 Å². The zero-order valence-corrected chi connectivity index (χ0v) is 10.9. The maximum Gasteiger partial charge on any atom is 0.147 e. The van der Waals surface area contributed by atoms with E-state index in [1.807, 2.05) is 12.1 Å². The number of sulfone groups is 1. The van der Waals surface area contributed by atoms with Crippen molar-refractivity contribution >= 4 is 9.84 Å². The average Bonchev–Trinajstić information content (AvgIpc) is 2.68. The van der Waals surface area contributed by atoms with Gasteiger partial charge in [0.15, 0.2) is 0 Å². The number of rotatable bonds is 4. The van der Waals surface area contributed by atoms with Crippen LogP contribution in [0.25, 0.3) is 0 Å². The molecule has 94 valence electrons. The van der Waals surface area contributed by atoms with Crippen LogP contribution in [0.5, 0.6) is 0 Å². The third-order valence-corrected chi connectivity index (χ3v) is 4.50. The van der Waals surface area contributed by atoms with Gasteiger partial charge >= 0.3 is 0 Å². The second kappa shape index (κ2) is 4.78. The van der Waals surface area contributed by atoms with Gasteiger partial charge in [-0.15, -0.1) is 0 Å². The first-order chi connectivity index (χ1) is 7.97. The van der Waals surface area contributed by atoms with E-state index in [4.69, 9.17) is 5.73 Å². The zero-order chi connectivity index (χ0) is 12.5. The van der Waals surface area contributed by atoms with Gasteiger partial charge in [-0.1, -0.05) is 24.3 Å². The Balaban J connectivity index is 2.05. The minimum Gasteiger partial charge on any atom is -0.327 e. The molecule has 0 amide bonds. The van der Waals surface area contributed by atoms with Crippen molar-refractivity contribution in [1.82, 2.24) is 0 Å². The lowest BCUT2D eigenvalue weighted by atomic mass is 9.92. The van der Waals surface area contributed by atoms with Gasteiger partial charge in [0.2, 0.25) is 0 Å². The van der Waals surface area contributed by atoms with E-state index in [9.17, 15) is 8.42 Å². The first kappa shape index (κ1) is 12.6. The van der Waals surface area contributed by atoms with E-state index in [2.05, 4.69) is 12.1 Å². The SMILES string of the molecule is CS(=O)(=O)CCC(N)C1CCc2ccccc21. The van der Waals surface area contributed by atoms with E-state index >= 15 is 0 Å². The summed E-state index contributed by atoms with van der Waals surface area (Å²) in [4.78, 5) is 0. The first-order valence-electron chi connectivity index (χ1n) is 5.98. The summed E-state index contributed by atoms with van der Waals surface area (Å²) in [6.07, 6.45) is 3.93. The molecule has 0 saturated heterocycles. The summed E-state index contributed by atoms with van der Waals surface area (Å²) in [5, 5.41) is 0. The van der Waals surface area contributed by atoms with Crippen molar-refractivity contribution in [3.63, 3.8) is 0 Å². The normalized spacial score (nSPS) is 21.2. The summed E-state index contributed by atoms with van der Waals surface area (Å²) in [5.74, 6) is 0.514. The van der Waals surface area contributed by atoms with Crippen LogP contribution in [0, 0.1) is 0 Å². The van der Waals surface area contributed by atoms with E-state index in [-0.39, 0.29) is 11.8 Å². The Kier molecular flexibility index (Phi) is 3.54. The van der Waals surface area contributed by atoms with Crippen LogP contribution in [0.2, 0.25) is 0 Å². The molecular weight excluding hydrogens is 234 g/mol. The van der Waals surface area contributed by atoms with E-state index in [0.29, 0.717) is 12.3 Å². The topological polar surface area (TPSA) is 60.2 Å². The molecule has 0 aliphatic heterocycles. The summed E-state index contributed by atoms with van der Waals surface area (Å²) in [7, 11) is -2.91. The third kappa shape index (κ3) is 3.07. The Hall–Kier alpha value is -0.870. The van der Waals surface area contributed by atoms with Gasteiger partial charge in [0, 0.05) is 12.3 Å². The van der Waals surface area contributed by atoms with Gasteiger partial charge in [0.1, 0.15) is 9.84 Å². The standard InChI is InChI=1S/C13H19NO2S/c1-17(15,16)9-8-13(14)12-7-6-10-4-2-3-5-11(10)12/h2-5,12-13H,6-9,14H2,1H3. The monoisotopic (exact) mass is 253 g/mol. The van der Waals surface area contributed by atoms with Crippen molar-refractivity contribution < 1.29 is 8.42 Å². The first-order valence-corrected chi connectivity index (χ1v) is 8.04. The Bertz CT molecular complexity index is 496. The van der Waals surface area contributed by atoms with E-state index in [1.165, 1.54) is 17.4 Å². The predicted octanol–water partition coefficient (Wildman–Crippen LogP) is 1.48. The predicted molar refractivity (Wildman–Crippen MR) is 69.8 cm³/mol. The van der Waals surface area contributed by atoms with Crippen molar-refractivity contribution in [2.75, 3.05) is 12.0 Å². The molecule has 0 heterocycles. The smallest absolute Gasteiger partial charge is 0.147 e. The lowest BCUT2D eigenvalue weighted by Crippen LogP contribution is -2.29. The Morgan fingerprint density at radius 1 is 1.41 bits per heavy atom. The highest BCUT2D eigenvalue weighted by atomic mass is 32.2. The van der Waals surface area contributed by atoms with Crippen LogP contribution in [-0.2, 0) is 16.3 Å². The summed E-state index contributed by atoms with van der Waals surface area (Å²) in [6.45, 7) is 0. The van der Waals surface area contributed by atoms with Crippen molar-refractivity contribution in [3.8, 4) is 0 Å². The number of fused-ring (bicyclic) bond motifs is 1. The number of benzene rings is 1. The van der Waals surface area contributed by atoms with Crippen molar-refractivity contribution in [2.45, 2.75) is 31.2 Å². The maximum absolute atomic E-state index is 11.1. The van der Waals surface area contributed by atoms with Crippen molar-refractivity contribution in [2.24, 2.45) is 5.73 Å². The molecule has 1 aliphatic rings. The molecule has 1 aromatic rings. The van der Waals surface area contributed by atoms with Crippen molar-refractivity contribution in [3.05, 3.63) is 35.4 Å². The lowest BCUT2D eigenvalue weighted by Gasteiger charge is -2.19. The number of nitrogens with two attached hydrogens (primary N) is 1. The fraction of sp³-hybridized carbons (Fsp3) is 0.538. The van der Waals surface area contributed by atoms with Crippen LogP contribution in [0.4, 0.5) is 0 Å². The number of hydrogen-bond acceptors (Lipinski definition) is 3. The molecule has 0 fully saturated rings. The molecule has 2 atom stereocenters. The Morgan fingerprint density at radius 2 is 2.12 bits per heavy atom. The Morgan fingerprint density at radius 3 is 2.82 bits per heavy atom. The van der Waals surface area contributed by atoms with Gasteiger partial charge in [0.25, 0.3) is 0 Å². The summed E-state index contributed by atoms with van der Waals surface area (Å²) < 4.78 is 22.3. The van der Waals surface area contributed by atoms with Crippen LogP contribution >= 0.6 is 0 Å². The molecule has 2 unspecified atom stereocenters. The fourth-order valence-corrected chi connectivity index (χ4v) is 3.29. The number of hydrogen-bond donors (Lipinski definition) is 1. The third-order valence-electron chi connectivity index (χ3n) is 3.52. The molecule has 0 aromatic heterocycles. The van der Waals surface area contributed by atoms with Gasteiger partial charge in [0.05, 0.1) is 5.75 Å². The van der Waals surface area contributed by atoms with Gasteiger partial charge in [-0.05, 0) is 36.3 Å². The van der Waals surface area contributed by atoms with Gasteiger partial charge in [-0.3, -0.25) is 0 Å². The second-order valence-corrected chi connectivity index (χ2v) is 7.19. The molecular formula is C13H19NO2S. The van der Waals surface area contributed by atoms with Crippen LogP contribution in [0.15, 0.2) is 24.3 Å². The molecule has 2 rings (SSSR count). The highest BCUT2D eigenvalue weighted by Gasteiger charge is 2.27. The fourth-order valence-electron chi connectivity index (χ4n) is 2.59. The summed E-state index contributed by atoms with van der Waals surface area (Å²) >= 11 is 0. The molecule has 1 aromatic carbocycles. The van der Waals surface area contributed by atoms with E-state index < -0.39 is 9.84 Å². The molecule has 17 heavy (non-hydrogen) atoms. The van der Waals surface area contributed by atoms with E-state index in [1.54, 1.807) is 0 Å². The molecule has 2 N–H and O–H groups in total. The van der Waals surface area contributed by atoms with Crippen LogP contribution in [0.1, 0.15) is 29.9 Å². The van der Waals surface area contributed by atoms with Gasteiger partial charge < -0.3 is 5.73 Å². The van der Waals surface area contributed by atoms with E-state index in [0.717, 1.165) is 12.8 Å². The largest absolute Gasteiger partial charge is 0.327 e. The summed E-state index contributed by atoms with van der Waals surface area (Å²) in [6, 6.07) is 8.28. The highest BCUT2D eigenvalue weighted by molar-refractivity contribution is 7.90. The molecule has 0 radical (unpaired) electrons. The minimum absolute atomic E-state index is 0.0478. The summed E-state index contributed by atoms with van der Waals surface area (Å²) in [5.41, 5.74) is 8.82.